The number of halogens is 4. The number of hydrogen-bond donors (Lipinski definition) is 1. The van der Waals surface area contributed by atoms with Crippen molar-refractivity contribution in [2.45, 2.75) is 12.7 Å². The number of hydrogen-bond acceptors (Lipinski definition) is 3. The van der Waals surface area contributed by atoms with Crippen LogP contribution in [0.4, 0.5) is 18.9 Å². The summed E-state index contributed by atoms with van der Waals surface area (Å²) in [5.41, 5.74) is 0.478. The lowest BCUT2D eigenvalue weighted by atomic mass is 10.2. The number of rotatable bonds is 3. The van der Waals surface area contributed by atoms with Gasteiger partial charge in [0.2, 0.25) is 0 Å². The number of alkyl halides is 3. The first-order valence-corrected chi connectivity index (χ1v) is 7.62. The zero-order valence-electron chi connectivity index (χ0n) is 10.5. The predicted octanol–water partition coefficient (Wildman–Crippen LogP) is 4.79. The molecule has 3 aromatic rings. The van der Waals surface area contributed by atoms with E-state index in [1.54, 1.807) is 0 Å². The van der Waals surface area contributed by atoms with Gasteiger partial charge in [0.1, 0.15) is 0 Å². The molecule has 0 radical (unpaired) electrons. The molecule has 0 aliphatic carbocycles. The lowest BCUT2D eigenvalue weighted by molar-refractivity contribution is -0.137. The quantitative estimate of drug-likeness (QED) is 0.712. The standard InChI is InChI=1S/C13H9BrF3N3S/c14-10-2-1-8(13(15,16)17)5-11(10)18-6-9-7-20-3-4-21-12(20)19-9/h1-5,7,18H,6H2. The normalized spacial score (nSPS) is 12.0. The number of benzene rings is 1. The highest BCUT2D eigenvalue weighted by molar-refractivity contribution is 9.10. The summed E-state index contributed by atoms with van der Waals surface area (Å²) in [4.78, 5) is 5.23. The molecule has 0 atom stereocenters. The van der Waals surface area contributed by atoms with E-state index in [0.717, 1.165) is 22.8 Å². The Balaban J connectivity index is 1.79. The van der Waals surface area contributed by atoms with Crippen molar-refractivity contribution in [2.24, 2.45) is 0 Å². The summed E-state index contributed by atoms with van der Waals surface area (Å²) in [6, 6.07) is 3.52. The fourth-order valence-corrected chi connectivity index (χ4v) is 2.99. The van der Waals surface area contributed by atoms with Gasteiger partial charge in [-0.3, -0.25) is 4.40 Å². The van der Waals surface area contributed by atoms with Crippen LogP contribution in [-0.2, 0) is 12.7 Å². The predicted molar refractivity (Wildman–Crippen MR) is 79.5 cm³/mol. The molecule has 0 unspecified atom stereocenters. The molecule has 0 amide bonds. The molecule has 2 heterocycles. The van der Waals surface area contributed by atoms with E-state index in [0.29, 0.717) is 16.7 Å². The first kappa shape index (κ1) is 14.4. The minimum Gasteiger partial charge on any atom is -0.378 e. The van der Waals surface area contributed by atoms with Gasteiger partial charge in [-0.25, -0.2) is 4.98 Å². The highest BCUT2D eigenvalue weighted by Crippen LogP contribution is 2.34. The molecule has 1 aromatic carbocycles. The van der Waals surface area contributed by atoms with E-state index in [2.05, 4.69) is 26.2 Å². The summed E-state index contributed by atoms with van der Waals surface area (Å²) in [5, 5.41) is 4.89. The van der Waals surface area contributed by atoms with Crippen LogP contribution in [0.3, 0.4) is 0 Å². The van der Waals surface area contributed by atoms with Crippen molar-refractivity contribution >= 4 is 37.9 Å². The van der Waals surface area contributed by atoms with Crippen LogP contribution in [0.2, 0.25) is 0 Å². The Morgan fingerprint density at radius 3 is 2.86 bits per heavy atom. The molecule has 1 N–H and O–H groups in total. The van der Waals surface area contributed by atoms with Crippen LogP contribution in [0.5, 0.6) is 0 Å². The van der Waals surface area contributed by atoms with Crippen LogP contribution in [-0.4, -0.2) is 9.38 Å². The first-order chi connectivity index (χ1) is 9.93. The zero-order valence-corrected chi connectivity index (χ0v) is 12.9. The lowest BCUT2D eigenvalue weighted by Gasteiger charge is -2.11. The van der Waals surface area contributed by atoms with Crippen molar-refractivity contribution in [2.75, 3.05) is 5.32 Å². The Bertz CT molecular complexity index is 750. The molecule has 8 heteroatoms. The monoisotopic (exact) mass is 375 g/mol. The molecule has 0 saturated heterocycles. The molecular weight excluding hydrogens is 367 g/mol. The average Bonchev–Trinajstić information content (AvgIpc) is 2.97. The average molecular weight is 376 g/mol. The van der Waals surface area contributed by atoms with Gasteiger partial charge >= 0.3 is 6.18 Å². The van der Waals surface area contributed by atoms with Gasteiger partial charge in [-0.15, -0.1) is 11.3 Å². The van der Waals surface area contributed by atoms with Crippen LogP contribution in [0.25, 0.3) is 4.96 Å². The van der Waals surface area contributed by atoms with Gasteiger partial charge in [0.05, 0.1) is 17.8 Å². The van der Waals surface area contributed by atoms with Crippen molar-refractivity contribution in [1.82, 2.24) is 9.38 Å². The molecule has 3 rings (SSSR count). The Labute approximate surface area is 130 Å². The molecule has 0 aliphatic heterocycles. The lowest BCUT2D eigenvalue weighted by Crippen LogP contribution is -2.07. The highest BCUT2D eigenvalue weighted by Gasteiger charge is 2.30. The fraction of sp³-hybridized carbons (Fsp3) is 0.154. The highest BCUT2D eigenvalue weighted by atomic mass is 79.9. The number of nitrogens with one attached hydrogen (secondary N) is 1. The SMILES string of the molecule is FC(F)(F)c1ccc(Br)c(NCc2cn3ccsc3n2)c1. The van der Waals surface area contributed by atoms with E-state index in [-0.39, 0.29) is 0 Å². The minimum atomic E-state index is -4.35. The van der Waals surface area contributed by atoms with Crippen molar-refractivity contribution in [3.8, 4) is 0 Å². The van der Waals surface area contributed by atoms with Crippen LogP contribution < -0.4 is 5.32 Å². The van der Waals surface area contributed by atoms with Crippen LogP contribution in [0.1, 0.15) is 11.3 Å². The molecular formula is C13H9BrF3N3S. The van der Waals surface area contributed by atoms with Gasteiger partial charge in [0.25, 0.3) is 0 Å². The number of anilines is 1. The van der Waals surface area contributed by atoms with Crippen LogP contribution in [0.15, 0.2) is 40.4 Å². The second-order valence-electron chi connectivity index (χ2n) is 4.37. The van der Waals surface area contributed by atoms with Crippen molar-refractivity contribution in [3.05, 3.63) is 51.7 Å². The summed E-state index contributed by atoms with van der Waals surface area (Å²) in [5.74, 6) is 0. The number of aromatic nitrogens is 2. The maximum atomic E-state index is 12.7. The molecule has 2 aromatic heterocycles. The number of thiazole rings is 1. The zero-order chi connectivity index (χ0) is 15.0. The van der Waals surface area contributed by atoms with Gasteiger partial charge in [0, 0.05) is 27.9 Å². The number of imidazole rings is 1. The van der Waals surface area contributed by atoms with Crippen LogP contribution in [0, 0.1) is 0 Å². The van der Waals surface area contributed by atoms with Gasteiger partial charge in [-0.1, -0.05) is 0 Å². The number of nitrogens with zero attached hydrogens (tertiary/aromatic N) is 2. The number of fused-ring (bicyclic) bond motifs is 1. The fourth-order valence-electron chi connectivity index (χ4n) is 1.88. The smallest absolute Gasteiger partial charge is 0.378 e. The molecule has 3 nitrogen and oxygen atoms in total. The third kappa shape index (κ3) is 3.06. The third-order valence-corrected chi connectivity index (χ3v) is 4.36. The first-order valence-electron chi connectivity index (χ1n) is 5.95. The van der Waals surface area contributed by atoms with E-state index < -0.39 is 11.7 Å². The second kappa shape index (κ2) is 5.34. The molecule has 0 spiro atoms. The van der Waals surface area contributed by atoms with Crippen molar-refractivity contribution in [1.29, 1.82) is 0 Å². The van der Waals surface area contributed by atoms with E-state index >= 15 is 0 Å². The van der Waals surface area contributed by atoms with Crippen LogP contribution >= 0.6 is 27.3 Å². The van der Waals surface area contributed by atoms with Gasteiger partial charge < -0.3 is 5.32 Å². The largest absolute Gasteiger partial charge is 0.416 e. The molecule has 0 bridgehead atoms. The summed E-state index contributed by atoms with van der Waals surface area (Å²) in [6.45, 7) is 0.355. The summed E-state index contributed by atoms with van der Waals surface area (Å²) in [6.07, 6.45) is -0.620. The maximum absolute atomic E-state index is 12.7. The van der Waals surface area contributed by atoms with E-state index in [1.807, 2.05) is 22.2 Å². The Kier molecular flexibility index (Phi) is 3.66. The van der Waals surface area contributed by atoms with E-state index in [1.165, 1.54) is 17.4 Å². The summed E-state index contributed by atoms with van der Waals surface area (Å²) < 4.78 is 40.6. The van der Waals surface area contributed by atoms with E-state index in [4.69, 9.17) is 0 Å². The van der Waals surface area contributed by atoms with E-state index in [9.17, 15) is 13.2 Å². The maximum Gasteiger partial charge on any atom is 0.416 e. The summed E-state index contributed by atoms with van der Waals surface area (Å²) in [7, 11) is 0. The van der Waals surface area contributed by atoms with Crippen molar-refractivity contribution in [3.63, 3.8) is 0 Å². The van der Waals surface area contributed by atoms with Gasteiger partial charge in [-0.05, 0) is 34.1 Å². The Morgan fingerprint density at radius 1 is 1.33 bits per heavy atom. The molecule has 0 aliphatic rings. The van der Waals surface area contributed by atoms with Gasteiger partial charge in [-0.2, -0.15) is 13.2 Å². The minimum absolute atomic E-state index is 0.355. The molecule has 0 fully saturated rings. The van der Waals surface area contributed by atoms with Gasteiger partial charge in [0.15, 0.2) is 4.96 Å². The topological polar surface area (TPSA) is 29.3 Å². The Morgan fingerprint density at radius 2 is 2.14 bits per heavy atom. The van der Waals surface area contributed by atoms with Crippen molar-refractivity contribution < 1.29 is 13.2 Å². The molecule has 110 valence electrons. The summed E-state index contributed by atoms with van der Waals surface area (Å²) >= 11 is 4.75. The second-order valence-corrected chi connectivity index (χ2v) is 6.10. The molecule has 21 heavy (non-hydrogen) atoms. The molecule has 0 saturated carbocycles. The third-order valence-electron chi connectivity index (χ3n) is 2.90. The Hall–Kier alpha value is -1.54.